The van der Waals surface area contributed by atoms with Crippen molar-refractivity contribution in [3.05, 3.63) is 69.5 Å². The highest BCUT2D eigenvalue weighted by atomic mass is 35.5. The van der Waals surface area contributed by atoms with Gasteiger partial charge in [-0.2, -0.15) is 0 Å². The minimum Gasteiger partial charge on any atom is -0.321 e. The Morgan fingerprint density at radius 1 is 1.20 bits per heavy atom. The Kier molecular flexibility index (Phi) is 4.17. The number of aryl methyl sites for hydroxylation is 2. The molecule has 3 heteroatoms. The van der Waals surface area contributed by atoms with Crippen molar-refractivity contribution < 1.29 is 4.39 Å². The molecule has 0 radical (unpaired) electrons. The largest absolute Gasteiger partial charge is 0.321 e. The van der Waals surface area contributed by atoms with Crippen LogP contribution in [0, 0.1) is 19.7 Å². The average Bonchev–Trinajstić information content (AvgIpc) is 2.37. The van der Waals surface area contributed by atoms with E-state index in [1.165, 1.54) is 0 Å². The van der Waals surface area contributed by atoms with Crippen LogP contribution in [-0.2, 0) is 12.0 Å². The quantitative estimate of drug-likeness (QED) is 0.884. The van der Waals surface area contributed by atoms with E-state index >= 15 is 0 Å². The maximum absolute atomic E-state index is 14.0. The lowest BCUT2D eigenvalue weighted by Gasteiger charge is -2.28. The number of halogens is 2. The zero-order valence-electron chi connectivity index (χ0n) is 12.0. The monoisotopic (exact) mass is 291 g/mol. The summed E-state index contributed by atoms with van der Waals surface area (Å²) in [5, 5.41) is 0.138. The number of benzene rings is 2. The Morgan fingerprint density at radius 3 is 2.60 bits per heavy atom. The summed E-state index contributed by atoms with van der Waals surface area (Å²) in [7, 11) is 0. The first-order valence-corrected chi connectivity index (χ1v) is 6.98. The molecule has 0 bridgehead atoms. The SMILES string of the molecule is Cc1ccc(C)c(C(C)(N)Cc2cccc(Cl)c2F)c1. The molecule has 106 valence electrons. The molecular weight excluding hydrogens is 273 g/mol. The summed E-state index contributed by atoms with van der Waals surface area (Å²) in [6.07, 6.45) is 0.406. The number of rotatable bonds is 3. The minimum absolute atomic E-state index is 0.138. The summed E-state index contributed by atoms with van der Waals surface area (Å²) in [4.78, 5) is 0. The van der Waals surface area contributed by atoms with Crippen molar-refractivity contribution in [3.63, 3.8) is 0 Å². The third-order valence-corrected chi connectivity index (χ3v) is 3.89. The van der Waals surface area contributed by atoms with Gasteiger partial charge in [0.25, 0.3) is 0 Å². The smallest absolute Gasteiger partial charge is 0.145 e. The van der Waals surface area contributed by atoms with Crippen molar-refractivity contribution in [2.45, 2.75) is 32.7 Å². The average molecular weight is 292 g/mol. The molecule has 20 heavy (non-hydrogen) atoms. The summed E-state index contributed by atoms with van der Waals surface area (Å²) >= 11 is 5.83. The molecule has 0 aliphatic carbocycles. The van der Waals surface area contributed by atoms with Gasteiger partial charge in [-0.3, -0.25) is 0 Å². The fourth-order valence-electron chi connectivity index (χ4n) is 2.53. The first-order valence-electron chi connectivity index (χ1n) is 6.61. The van der Waals surface area contributed by atoms with Crippen LogP contribution in [0.2, 0.25) is 5.02 Å². The zero-order valence-corrected chi connectivity index (χ0v) is 12.8. The van der Waals surface area contributed by atoms with Crippen LogP contribution in [0.25, 0.3) is 0 Å². The third-order valence-electron chi connectivity index (χ3n) is 3.60. The lowest BCUT2D eigenvalue weighted by atomic mass is 9.83. The summed E-state index contributed by atoms with van der Waals surface area (Å²) in [5.41, 5.74) is 9.66. The van der Waals surface area contributed by atoms with Crippen molar-refractivity contribution in [2.24, 2.45) is 5.73 Å². The van der Waals surface area contributed by atoms with Crippen molar-refractivity contribution >= 4 is 11.6 Å². The first kappa shape index (κ1) is 15.0. The molecule has 0 spiro atoms. The molecule has 0 saturated heterocycles. The molecule has 0 fully saturated rings. The van der Waals surface area contributed by atoms with Crippen LogP contribution in [-0.4, -0.2) is 0 Å². The highest BCUT2D eigenvalue weighted by molar-refractivity contribution is 6.30. The van der Waals surface area contributed by atoms with Gasteiger partial charge in [-0.05, 0) is 49.9 Å². The van der Waals surface area contributed by atoms with E-state index in [1.807, 2.05) is 26.8 Å². The van der Waals surface area contributed by atoms with E-state index in [0.717, 1.165) is 16.7 Å². The molecule has 0 aliphatic rings. The first-order chi connectivity index (χ1) is 9.31. The predicted octanol–water partition coefficient (Wildman–Crippen LogP) is 4.51. The van der Waals surface area contributed by atoms with Gasteiger partial charge in [0.1, 0.15) is 5.82 Å². The molecule has 0 saturated carbocycles. The number of nitrogens with two attached hydrogens (primary N) is 1. The molecule has 0 aromatic heterocycles. The van der Waals surface area contributed by atoms with Crippen molar-refractivity contribution in [3.8, 4) is 0 Å². The normalized spacial score (nSPS) is 14.1. The third kappa shape index (κ3) is 3.02. The molecule has 2 N–H and O–H groups in total. The Labute approximate surface area is 124 Å². The molecule has 2 aromatic carbocycles. The second kappa shape index (κ2) is 5.55. The van der Waals surface area contributed by atoms with Gasteiger partial charge in [-0.15, -0.1) is 0 Å². The van der Waals surface area contributed by atoms with Gasteiger partial charge < -0.3 is 5.73 Å². The van der Waals surface area contributed by atoms with E-state index in [1.54, 1.807) is 18.2 Å². The molecule has 0 aliphatic heterocycles. The van der Waals surface area contributed by atoms with Gasteiger partial charge in [-0.1, -0.05) is 47.5 Å². The van der Waals surface area contributed by atoms with Crippen LogP contribution in [0.3, 0.4) is 0 Å². The lowest BCUT2D eigenvalue weighted by molar-refractivity contribution is 0.473. The maximum atomic E-state index is 14.0. The highest BCUT2D eigenvalue weighted by Gasteiger charge is 2.25. The molecule has 0 amide bonds. The second-order valence-corrected chi connectivity index (χ2v) is 6.03. The molecule has 1 nitrogen and oxygen atoms in total. The summed E-state index contributed by atoms with van der Waals surface area (Å²) in [6, 6.07) is 11.2. The fraction of sp³-hybridized carbons (Fsp3) is 0.294. The van der Waals surface area contributed by atoms with Crippen LogP contribution in [0.4, 0.5) is 4.39 Å². The fourth-order valence-corrected chi connectivity index (χ4v) is 2.72. The Morgan fingerprint density at radius 2 is 1.90 bits per heavy atom. The molecule has 2 rings (SSSR count). The Balaban J connectivity index is 2.40. The molecular formula is C17H19ClFN. The molecule has 1 unspecified atom stereocenters. The van der Waals surface area contributed by atoms with Gasteiger partial charge in [0.15, 0.2) is 0 Å². The zero-order chi connectivity index (χ0) is 14.9. The minimum atomic E-state index is -0.637. The van der Waals surface area contributed by atoms with E-state index in [-0.39, 0.29) is 10.8 Å². The van der Waals surface area contributed by atoms with E-state index in [2.05, 4.69) is 12.1 Å². The van der Waals surface area contributed by atoms with Crippen LogP contribution >= 0.6 is 11.6 Å². The molecule has 1 atom stereocenters. The van der Waals surface area contributed by atoms with Crippen molar-refractivity contribution in [1.29, 1.82) is 0 Å². The predicted molar refractivity (Wildman–Crippen MR) is 82.6 cm³/mol. The van der Waals surface area contributed by atoms with Gasteiger partial charge in [-0.25, -0.2) is 4.39 Å². The van der Waals surface area contributed by atoms with Crippen LogP contribution in [0.1, 0.15) is 29.2 Å². The van der Waals surface area contributed by atoms with Crippen molar-refractivity contribution in [2.75, 3.05) is 0 Å². The molecule has 2 aromatic rings. The van der Waals surface area contributed by atoms with Crippen LogP contribution < -0.4 is 5.73 Å². The van der Waals surface area contributed by atoms with E-state index < -0.39 is 5.54 Å². The van der Waals surface area contributed by atoms with Gasteiger partial charge in [0, 0.05) is 5.54 Å². The summed E-state index contributed by atoms with van der Waals surface area (Å²) in [6.45, 7) is 5.97. The van der Waals surface area contributed by atoms with Crippen molar-refractivity contribution in [1.82, 2.24) is 0 Å². The van der Waals surface area contributed by atoms with E-state index in [4.69, 9.17) is 17.3 Å². The van der Waals surface area contributed by atoms with Crippen LogP contribution in [0.15, 0.2) is 36.4 Å². The number of hydrogen-bond donors (Lipinski definition) is 1. The standard InChI is InChI=1S/C17H19ClFN/c1-11-7-8-12(2)14(9-11)17(3,20)10-13-5-4-6-15(18)16(13)19/h4-9H,10,20H2,1-3H3. The summed E-state index contributed by atoms with van der Waals surface area (Å²) < 4.78 is 14.0. The van der Waals surface area contributed by atoms with E-state index in [0.29, 0.717) is 12.0 Å². The molecule has 0 heterocycles. The van der Waals surface area contributed by atoms with Gasteiger partial charge in [0.05, 0.1) is 5.02 Å². The Hall–Kier alpha value is -1.38. The maximum Gasteiger partial charge on any atom is 0.145 e. The summed E-state index contributed by atoms with van der Waals surface area (Å²) in [5.74, 6) is -0.379. The van der Waals surface area contributed by atoms with Crippen LogP contribution in [0.5, 0.6) is 0 Å². The van der Waals surface area contributed by atoms with E-state index in [9.17, 15) is 4.39 Å². The van der Waals surface area contributed by atoms with Gasteiger partial charge >= 0.3 is 0 Å². The van der Waals surface area contributed by atoms with Gasteiger partial charge in [0.2, 0.25) is 0 Å². The Bertz CT molecular complexity index is 635. The number of hydrogen-bond acceptors (Lipinski definition) is 1. The highest BCUT2D eigenvalue weighted by Crippen LogP contribution is 2.29. The topological polar surface area (TPSA) is 26.0 Å². The second-order valence-electron chi connectivity index (χ2n) is 5.63. The lowest BCUT2D eigenvalue weighted by Crippen LogP contribution is -2.36.